The third-order valence-electron chi connectivity index (χ3n) is 5.13. The topological polar surface area (TPSA) is 56.3 Å². The standard InChI is InChI=1S/C25H20N4/c1-17-10-11-20(26-13-18-14-27-23-8-4-2-6-21(18)23)12-25(17)29-16-19-15-28-24-9-5-3-7-22(19)24/h2-16,27-28H,1H3. The highest BCUT2D eigenvalue weighted by atomic mass is 14.8. The van der Waals surface area contributed by atoms with Crippen molar-refractivity contribution < 1.29 is 0 Å². The summed E-state index contributed by atoms with van der Waals surface area (Å²) in [6.07, 6.45) is 7.78. The SMILES string of the molecule is Cc1ccc(N=Cc2c[nH]c3ccccc23)cc1N=Cc1c[nH]c2ccccc12. The molecule has 0 aliphatic rings. The summed E-state index contributed by atoms with van der Waals surface area (Å²) < 4.78 is 0. The molecule has 0 radical (unpaired) electrons. The largest absolute Gasteiger partial charge is 0.361 e. The van der Waals surface area contributed by atoms with Crippen molar-refractivity contribution in [3.63, 3.8) is 0 Å². The van der Waals surface area contributed by atoms with Crippen LogP contribution in [0.1, 0.15) is 16.7 Å². The van der Waals surface area contributed by atoms with Crippen LogP contribution in [0.25, 0.3) is 21.8 Å². The highest BCUT2D eigenvalue weighted by Crippen LogP contribution is 2.26. The molecule has 0 bridgehead atoms. The van der Waals surface area contributed by atoms with Crippen LogP contribution in [-0.4, -0.2) is 22.4 Å². The van der Waals surface area contributed by atoms with Crippen molar-refractivity contribution in [1.82, 2.24) is 9.97 Å². The van der Waals surface area contributed by atoms with Crippen LogP contribution < -0.4 is 0 Å². The van der Waals surface area contributed by atoms with Gasteiger partial charge in [0, 0.05) is 57.8 Å². The van der Waals surface area contributed by atoms with Crippen molar-refractivity contribution in [2.75, 3.05) is 0 Å². The van der Waals surface area contributed by atoms with Crippen LogP contribution >= 0.6 is 0 Å². The number of nitrogens with zero attached hydrogens (tertiary/aromatic N) is 2. The van der Waals surface area contributed by atoms with Gasteiger partial charge in [-0.15, -0.1) is 0 Å². The van der Waals surface area contributed by atoms with Crippen LogP contribution in [0.2, 0.25) is 0 Å². The number of aromatic amines is 2. The van der Waals surface area contributed by atoms with Crippen molar-refractivity contribution in [3.05, 3.63) is 95.8 Å². The number of benzene rings is 3. The monoisotopic (exact) mass is 376 g/mol. The fraction of sp³-hybridized carbons (Fsp3) is 0.0400. The molecule has 29 heavy (non-hydrogen) atoms. The number of rotatable bonds is 4. The first-order valence-electron chi connectivity index (χ1n) is 9.59. The quantitative estimate of drug-likeness (QED) is 0.338. The van der Waals surface area contributed by atoms with Gasteiger partial charge in [-0.25, -0.2) is 0 Å². The third-order valence-corrected chi connectivity index (χ3v) is 5.13. The van der Waals surface area contributed by atoms with Gasteiger partial charge in [-0.3, -0.25) is 9.98 Å². The van der Waals surface area contributed by atoms with E-state index in [4.69, 9.17) is 4.99 Å². The van der Waals surface area contributed by atoms with E-state index < -0.39 is 0 Å². The fourth-order valence-electron chi connectivity index (χ4n) is 3.50. The summed E-state index contributed by atoms with van der Waals surface area (Å²) in [5, 5.41) is 2.34. The molecule has 0 aliphatic carbocycles. The van der Waals surface area contributed by atoms with Gasteiger partial charge in [0.25, 0.3) is 0 Å². The Labute approximate surface area is 168 Å². The summed E-state index contributed by atoms with van der Waals surface area (Å²) in [7, 11) is 0. The molecule has 5 aromatic rings. The molecule has 0 saturated carbocycles. The van der Waals surface area contributed by atoms with E-state index in [0.717, 1.165) is 39.1 Å². The molecule has 0 unspecified atom stereocenters. The number of nitrogens with one attached hydrogen (secondary N) is 2. The predicted molar refractivity (Wildman–Crippen MR) is 122 cm³/mol. The first kappa shape index (κ1) is 17.2. The third kappa shape index (κ3) is 3.36. The molecular weight excluding hydrogens is 356 g/mol. The van der Waals surface area contributed by atoms with Gasteiger partial charge in [-0.05, 0) is 36.8 Å². The molecule has 2 N–H and O–H groups in total. The number of H-pyrrole nitrogens is 2. The van der Waals surface area contributed by atoms with E-state index in [1.54, 1.807) is 0 Å². The maximum atomic E-state index is 4.73. The lowest BCUT2D eigenvalue weighted by Gasteiger charge is -2.01. The Morgan fingerprint density at radius 1 is 0.690 bits per heavy atom. The maximum absolute atomic E-state index is 4.73. The molecule has 3 aromatic carbocycles. The first-order valence-corrected chi connectivity index (χ1v) is 9.59. The molecule has 0 fully saturated rings. The Morgan fingerprint density at radius 2 is 1.28 bits per heavy atom. The number of hydrogen-bond acceptors (Lipinski definition) is 2. The highest BCUT2D eigenvalue weighted by Gasteiger charge is 2.03. The van der Waals surface area contributed by atoms with Gasteiger partial charge in [-0.1, -0.05) is 42.5 Å². The summed E-state index contributed by atoms with van der Waals surface area (Å²) in [4.78, 5) is 16.0. The smallest absolute Gasteiger partial charge is 0.0680 e. The van der Waals surface area contributed by atoms with Crippen LogP contribution in [0.4, 0.5) is 11.4 Å². The van der Waals surface area contributed by atoms with E-state index in [1.807, 2.05) is 61.2 Å². The molecule has 0 spiro atoms. The average molecular weight is 376 g/mol. The van der Waals surface area contributed by atoms with E-state index in [2.05, 4.69) is 52.2 Å². The van der Waals surface area contributed by atoms with Gasteiger partial charge >= 0.3 is 0 Å². The Morgan fingerprint density at radius 3 is 1.93 bits per heavy atom. The number of aryl methyl sites for hydroxylation is 1. The van der Waals surface area contributed by atoms with E-state index in [1.165, 1.54) is 10.8 Å². The van der Waals surface area contributed by atoms with E-state index in [0.29, 0.717) is 0 Å². The van der Waals surface area contributed by atoms with Crippen molar-refractivity contribution in [1.29, 1.82) is 0 Å². The first-order chi connectivity index (χ1) is 14.3. The number of fused-ring (bicyclic) bond motifs is 2. The zero-order valence-electron chi connectivity index (χ0n) is 16.1. The molecule has 4 heteroatoms. The van der Waals surface area contributed by atoms with Gasteiger partial charge in [0.15, 0.2) is 0 Å². The van der Waals surface area contributed by atoms with Gasteiger partial charge in [-0.2, -0.15) is 0 Å². The van der Waals surface area contributed by atoms with Gasteiger partial charge in [0.2, 0.25) is 0 Å². The summed E-state index contributed by atoms with van der Waals surface area (Å²) in [6.45, 7) is 2.06. The van der Waals surface area contributed by atoms with Crippen molar-refractivity contribution in [2.45, 2.75) is 6.92 Å². The summed E-state index contributed by atoms with van der Waals surface area (Å²) in [6, 6.07) is 22.6. The van der Waals surface area contributed by atoms with E-state index in [9.17, 15) is 0 Å². The molecule has 0 atom stereocenters. The minimum Gasteiger partial charge on any atom is -0.361 e. The summed E-state index contributed by atoms with van der Waals surface area (Å²) in [5.74, 6) is 0. The summed E-state index contributed by atoms with van der Waals surface area (Å²) >= 11 is 0. The fourth-order valence-corrected chi connectivity index (χ4v) is 3.50. The number of hydrogen-bond donors (Lipinski definition) is 2. The number of aromatic nitrogens is 2. The van der Waals surface area contributed by atoms with Crippen LogP contribution in [0.5, 0.6) is 0 Å². The van der Waals surface area contributed by atoms with E-state index >= 15 is 0 Å². The van der Waals surface area contributed by atoms with Gasteiger partial charge in [0.05, 0.1) is 11.4 Å². The minimum atomic E-state index is 0.881. The van der Waals surface area contributed by atoms with Gasteiger partial charge < -0.3 is 9.97 Å². The van der Waals surface area contributed by atoms with Gasteiger partial charge in [0.1, 0.15) is 0 Å². The summed E-state index contributed by atoms with van der Waals surface area (Å²) in [5.41, 5.74) is 7.30. The van der Waals surface area contributed by atoms with Crippen LogP contribution in [0.15, 0.2) is 89.1 Å². The zero-order chi connectivity index (χ0) is 19.6. The van der Waals surface area contributed by atoms with Crippen LogP contribution in [-0.2, 0) is 0 Å². The second kappa shape index (κ2) is 7.24. The lowest BCUT2D eigenvalue weighted by molar-refractivity contribution is 1.38. The van der Waals surface area contributed by atoms with Crippen molar-refractivity contribution >= 4 is 45.6 Å². The number of aliphatic imine (C=N–C) groups is 2. The molecule has 5 rings (SSSR count). The lowest BCUT2D eigenvalue weighted by atomic mass is 10.1. The Kier molecular flexibility index (Phi) is 4.30. The van der Waals surface area contributed by atoms with Crippen LogP contribution in [0.3, 0.4) is 0 Å². The normalized spacial score (nSPS) is 12.0. The molecule has 4 nitrogen and oxygen atoms in total. The Balaban J connectivity index is 1.44. The molecule has 0 aliphatic heterocycles. The maximum Gasteiger partial charge on any atom is 0.0680 e. The van der Waals surface area contributed by atoms with Crippen molar-refractivity contribution in [3.8, 4) is 0 Å². The zero-order valence-corrected chi connectivity index (χ0v) is 16.1. The lowest BCUT2D eigenvalue weighted by Crippen LogP contribution is -1.81. The average Bonchev–Trinajstić information content (AvgIpc) is 3.36. The molecule has 2 aromatic heterocycles. The predicted octanol–water partition coefficient (Wildman–Crippen LogP) is 6.46. The highest BCUT2D eigenvalue weighted by molar-refractivity contribution is 6.00. The minimum absolute atomic E-state index is 0.881. The number of para-hydroxylation sites is 2. The second-order valence-electron chi connectivity index (χ2n) is 7.07. The second-order valence-corrected chi connectivity index (χ2v) is 7.07. The van der Waals surface area contributed by atoms with Crippen molar-refractivity contribution in [2.24, 2.45) is 9.98 Å². The molecule has 0 amide bonds. The molecule has 2 heterocycles. The molecule has 140 valence electrons. The Hall–Kier alpha value is -3.92. The van der Waals surface area contributed by atoms with Crippen LogP contribution in [0, 0.1) is 6.92 Å². The molecule has 0 saturated heterocycles. The Bertz CT molecular complexity index is 1370. The van der Waals surface area contributed by atoms with E-state index in [-0.39, 0.29) is 0 Å². The molecular formula is C25H20N4.